The maximum atomic E-state index is 13.7. The van der Waals surface area contributed by atoms with Gasteiger partial charge in [0.2, 0.25) is 5.91 Å². The highest BCUT2D eigenvalue weighted by atomic mass is 79.9. The molecule has 0 fully saturated rings. The van der Waals surface area contributed by atoms with Crippen LogP contribution in [0.3, 0.4) is 0 Å². The van der Waals surface area contributed by atoms with Crippen molar-refractivity contribution in [1.29, 1.82) is 0 Å². The molecule has 0 aromatic heterocycles. The number of amides is 1. The highest BCUT2D eigenvalue weighted by Gasteiger charge is 2.19. The van der Waals surface area contributed by atoms with Gasteiger partial charge in [-0.15, -0.1) is 11.8 Å². The standard InChI is InChI=1S/C18H17BrFNO3S/c1-11-3-6-14(7-4-11)21-17(22)10-25-12(2)18(23)24-16-8-5-13(19)9-15(16)20/h3-9,12H,10H2,1-2H3,(H,21,22). The Morgan fingerprint density at radius 3 is 2.56 bits per heavy atom. The van der Waals surface area contributed by atoms with Crippen LogP contribution in [0.2, 0.25) is 0 Å². The number of carbonyl (C=O) groups excluding carboxylic acids is 2. The predicted octanol–water partition coefficient (Wildman–Crippen LogP) is 4.56. The minimum Gasteiger partial charge on any atom is -0.423 e. The fourth-order valence-electron chi connectivity index (χ4n) is 1.85. The molecule has 0 saturated carbocycles. The van der Waals surface area contributed by atoms with E-state index in [0.29, 0.717) is 10.2 Å². The van der Waals surface area contributed by atoms with Crippen molar-refractivity contribution in [2.24, 2.45) is 0 Å². The Balaban J connectivity index is 1.82. The number of benzene rings is 2. The number of hydrogen-bond acceptors (Lipinski definition) is 4. The van der Waals surface area contributed by atoms with Crippen LogP contribution in [-0.4, -0.2) is 22.9 Å². The van der Waals surface area contributed by atoms with E-state index in [4.69, 9.17) is 4.74 Å². The minimum absolute atomic E-state index is 0.0902. The van der Waals surface area contributed by atoms with E-state index in [0.717, 1.165) is 17.3 Å². The minimum atomic E-state index is -0.628. The quantitative estimate of drug-likeness (QED) is 0.544. The number of anilines is 1. The van der Waals surface area contributed by atoms with Crippen LogP contribution in [0.25, 0.3) is 0 Å². The number of ether oxygens (including phenoxy) is 1. The molecule has 1 unspecified atom stereocenters. The van der Waals surface area contributed by atoms with Crippen molar-refractivity contribution in [3.63, 3.8) is 0 Å². The number of carbonyl (C=O) groups is 2. The molecule has 1 N–H and O–H groups in total. The molecule has 0 bridgehead atoms. The van der Waals surface area contributed by atoms with E-state index >= 15 is 0 Å². The number of aryl methyl sites for hydroxylation is 1. The van der Waals surface area contributed by atoms with Crippen molar-refractivity contribution in [2.45, 2.75) is 19.1 Å². The summed E-state index contributed by atoms with van der Waals surface area (Å²) in [6.07, 6.45) is 0. The molecule has 0 heterocycles. The van der Waals surface area contributed by atoms with Crippen LogP contribution >= 0.6 is 27.7 Å². The molecule has 4 nitrogen and oxygen atoms in total. The Morgan fingerprint density at radius 2 is 1.92 bits per heavy atom. The van der Waals surface area contributed by atoms with E-state index in [1.165, 1.54) is 12.1 Å². The van der Waals surface area contributed by atoms with Crippen LogP contribution in [0, 0.1) is 12.7 Å². The molecule has 1 amide bonds. The second-order valence-corrected chi connectivity index (χ2v) is 7.61. The highest BCUT2D eigenvalue weighted by molar-refractivity contribution is 9.10. The molecule has 2 rings (SSSR count). The smallest absolute Gasteiger partial charge is 0.324 e. The van der Waals surface area contributed by atoms with Crippen molar-refractivity contribution < 1.29 is 18.7 Å². The molecule has 132 valence electrons. The molecule has 2 aromatic carbocycles. The summed E-state index contributed by atoms with van der Waals surface area (Å²) in [7, 11) is 0. The predicted molar refractivity (Wildman–Crippen MR) is 101 cm³/mol. The van der Waals surface area contributed by atoms with Gasteiger partial charge in [0.05, 0.1) is 5.75 Å². The van der Waals surface area contributed by atoms with Gasteiger partial charge < -0.3 is 10.1 Å². The maximum Gasteiger partial charge on any atom is 0.324 e. The first-order valence-electron chi connectivity index (χ1n) is 7.50. The summed E-state index contributed by atoms with van der Waals surface area (Å²) in [6, 6.07) is 11.6. The average Bonchev–Trinajstić information content (AvgIpc) is 2.57. The summed E-state index contributed by atoms with van der Waals surface area (Å²) in [5, 5.41) is 2.15. The maximum absolute atomic E-state index is 13.7. The van der Waals surface area contributed by atoms with E-state index in [1.54, 1.807) is 13.0 Å². The highest BCUT2D eigenvalue weighted by Crippen LogP contribution is 2.23. The van der Waals surface area contributed by atoms with E-state index in [2.05, 4.69) is 21.2 Å². The molecular weight excluding hydrogens is 409 g/mol. The van der Waals surface area contributed by atoms with Gasteiger partial charge in [-0.05, 0) is 44.2 Å². The van der Waals surface area contributed by atoms with Crippen molar-refractivity contribution in [3.05, 3.63) is 58.3 Å². The van der Waals surface area contributed by atoms with Gasteiger partial charge in [0, 0.05) is 10.2 Å². The molecule has 0 aliphatic rings. The van der Waals surface area contributed by atoms with E-state index in [9.17, 15) is 14.0 Å². The fraction of sp³-hybridized carbons (Fsp3) is 0.222. The summed E-state index contributed by atoms with van der Waals surface area (Å²) in [5.41, 5.74) is 1.80. The van der Waals surface area contributed by atoms with Crippen LogP contribution in [-0.2, 0) is 9.59 Å². The lowest BCUT2D eigenvalue weighted by molar-refractivity contribution is -0.133. The number of nitrogens with one attached hydrogen (secondary N) is 1. The van der Waals surface area contributed by atoms with Crippen LogP contribution in [0.15, 0.2) is 46.9 Å². The second kappa shape index (κ2) is 9.01. The lowest BCUT2D eigenvalue weighted by Gasteiger charge is -2.12. The Morgan fingerprint density at radius 1 is 1.24 bits per heavy atom. The zero-order valence-corrected chi connectivity index (χ0v) is 16.1. The summed E-state index contributed by atoms with van der Waals surface area (Å²) in [4.78, 5) is 23.9. The molecule has 25 heavy (non-hydrogen) atoms. The van der Waals surface area contributed by atoms with E-state index in [-0.39, 0.29) is 17.4 Å². The first kappa shape index (κ1) is 19.5. The molecule has 0 radical (unpaired) electrons. The van der Waals surface area contributed by atoms with Crippen molar-refractivity contribution in [2.75, 3.05) is 11.1 Å². The Bertz CT molecular complexity index is 767. The third-order valence-electron chi connectivity index (χ3n) is 3.24. The lowest BCUT2D eigenvalue weighted by atomic mass is 10.2. The molecule has 0 aliphatic carbocycles. The Kier molecular flexibility index (Phi) is 7.01. The second-order valence-electron chi connectivity index (χ2n) is 5.36. The van der Waals surface area contributed by atoms with E-state index < -0.39 is 17.0 Å². The summed E-state index contributed by atoms with van der Waals surface area (Å²) in [6.45, 7) is 3.58. The SMILES string of the molecule is Cc1ccc(NC(=O)CSC(C)C(=O)Oc2ccc(Br)cc2F)cc1. The van der Waals surface area contributed by atoms with Gasteiger partial charge in [-0.2, -0.15) is 0 Å². The van der Waals surface area contributed by atoms with Crippen LogP contribution in [0.5, 0.6) is 5.75 Å². The monoisotopic (exact) mass is 425 g/mol. The van der Waals surface area contributed by atoms with Crippen molar-refractivity contribution in [3.8, 4) is 5.75 Å². The third kappa shape index (κ3) is 6.17. The molecule has 0 aliphatic heterocycles. The van der Waals surface area contributed by atoms with Gasteiger partial charge in [-0.25, -0.2) is 4.39 Å². The number of rotatable bonds is 6. The Hall–Kier alpha value is -1.86. The molecular formula is C18H17BrFNO3S. The van der Waals surface area contributed by atoms with Gasteiger partial charge in [-0.3, -0.25) is 9.59 Å². The normalized spacial score (nSPS) is 11.7. The van der Waals surface area contributed by atoms with Gasteiger partial charge in [0.1, 0.15) is 5.25 Å². The topological polar surface area (TPSA) is 55.4 Å². The summed E-state index contributed by atoms with van der Waals surface area (Å²) < 4.78 is 19.3. The van der Waals surface area contributed by atoms with Gasteiger partial charge in [-0.1, -0.05) is 33.6 Å². The van der Waals surface area contributed by atoms with Crippen molar-refractivity contribution >= 4 is 45.3 Å². The lowest BCUT2D eigenvalue weighted by Crippen LogP contribution is -2.23. The number of hydrogen-bond donors (Lipinski definition) is 1. The first-order chi connectivity index (χ1) is 11.8. The van der Waals surface area contributed by atoms with Gasteiger partial charge in [0.25, 0.3) is 0 Å². The largest absolute Gasteiger partial charge is 0.423 e. The average molecular weight is 426 g/mol. The van der Waals surface area contributed by atoms with E-state index in [1.807, 2.05) is 31.2 Å². The van der Waals surface area contributed by atoms with Crippen molar-refractivity contribution in [1.82, 2.24) is 0 Å². The fourth-order valence-corrected chi connectivity index (χ4v) is 2.84. The van der Waals surface area contributed by atoms with Gasteiger partial charge >= 0.3 is 5.97 Å². The molecule has 0 saturated heterocycles. The molecule has 1 atom stereocenters. The number of halogens is 2. The first-order valence-corrected chi connectivity index (χ1v) is 9.34. The summed E-state index contributed by atoms with van der Waals surface area (Å²) in [5.74, 6) is -1.49. The zero-order valence-electron chi connectivity index (χ0n) is 13.7. The molecule has 0 spiro atoms. The molecule has 2 aromatic rings. The Labute approximate surface area is 158 Å². The third-order valence-corrected chi connectivity index (χ3v) is 4.85. The van der Waals surface area contributed by atoms with Crippen LogP contribution < -0.4 is 10.1 Å². The summed E-state index contributed by atoms with van der Waals surface area (Å²) >= 11 is 4.26. The number of esters is 1. The zero-order chi connectivity index (χ0) is 18.4. The van der Waals surface area contributed by atoms with Crippen LogP contribution in [0.1, 0.15) is 12.5 Å². The van der Waals surface area contributed by atoms with Crippen LogP contribution in [0.4, 0.5) is 10.1 Å². The van der Waals surface area contributed by atoms with Gasteiger partial charge in [0.15, 0.2) is 11.6 Å². The molecule has 7 heteroatoms. The number of thioether (sulfide) groups is 1.